The molecule has 8 heteroatoms. The lowest BCUT2D eigenvalue weighted by molar-refractivity contribution is -0.127. The number of hydrogen-bond acceptors (Lipinski definition) is 4. The molecule has 0 bridgehead atoms. The number of carbonyl (C=O) groups excluding carboxylic acids is 1. The summed E-state index contributed by atoms with van der Waals surface area (Å²) in [6, 6.07) is 15.2. The second-order valence-corrected chi connectivity index (χ2v) is 8.00. The van der Waals surface area contributed by atoms with Crippen molar-refractivity contribution in [3.8, 4) is 5.75 Å². The van der Waals surface area contributed by atoms with Crippen LogP contribution in [0.25, 0.3) is 0 Å². The summed E-state index contributed by atoms with van der Waals surface area (Å²) in [6.45, 7) is 4.61. The fourth-order valence-corrected chi connectivity index (χ4v) is 3.51. The Bertz CT molecular complexity index is 912. The van der Waals surface area contributed by atoms with E-state index in [-0.39, 0.29) is 24.0 Å². The van der Waals surface area contributed by atoms with Crippen LogP contribution in [-0.2, 0) is 17.9 Å². The highest BCUT2D eigenvalue weighted by Gasteiger charge is 2.21. The normalized spacial score (nSPS) is 14.9. The molecule has 3 rings (SSSR count). The smallest absolute Gasteiger partial charge is 0.241 e. The standard InChI is InChI=1S/C24H32FN5O2/c1-28(2)23(31)17-27-24(26-16-19-7-5-4-6-8-19)30-13-11-29(12-14-30)18-20-9-10-22(32-3)21(25)15-20/h4-10,15H,11-14,16-18H2,1-3H3,(H,26,27). The van der Waals surface area contributed by atoms with Gasteiger partial charge in [-0.2, -0.15) is 0 Å². The van der Waals surface area contributed by atoms with Crippen LogP contribution in [-0.4, -0.2) is 80.5 Å². The van der Waals surface area contributed by atoms with Gasteiger partial charge < -0.3 is 19.9 Å². The van der Waals surface area contributed by atoms with E-state index >= 15 is 0 Å². The quantitative estimate of drug-likeness (QED) is 0.527. The molecule has 1 amide bonds. The predicted molar refractivity (Wildman–Crippen MR) is 124 cm³/mol. The Labute approximate surface area is 189 Å². The Morgan fingerprint density at radius 2 is 1.81 bits per heavy atom. The summed E-state index contributed by atoms with van der Waals surface area (Å²) in [7, 11) is 4.95. The highest BCUT2D eigenvalue weighted by molar-refractivity contribution is 5.86. The van der Waals surface area contributed by atoms with E-state index in [1.165, 1.54) is 13.2 Å². The van der Waals surface area contributed by atoms with Crippen molar-refractivity contribution in [3.05, 3.63) is 65.5 Å². The maximum atomic E-state index is 14.0. The number of carbonyl (C=O) groups is 1. The first-order chi connectivity index (χ1) is 15.5. The number of nitrogens with one attached hydrogen (secondary N) is 1. The molecule has 2 aromatic carbocycles. The van der Waals surface area contributed by atoms with Crippen molar-refractivity contribution in [2.75, 3.05) is 53.9 Å². The van der Waals surface area contributed by atoms with Crippen molar-refractivity contribution < 1.29 is 13.9 Å². The number of benzene rings is 2. The number of guanidine groups is 1. The van der Waals surface area contributed by atoms with Gasteiger partial charge in [-0.15, -0.1) is 0 Å². The van der Waals surface area contributed by atoms with Gasteiger partial charge in [0, 0.05) is 46.8 Å². The molecule has 0 radical (unpaired) electrons. The second-order valence-electron chi connectivity index (χ2n) is 8.00. The highest BCUT2D eigenvalue weighted by Crippen LogP contribution is 2.19. The molecule has 7 nitrogen and oxygen atoms in total. The molecule has 0 spiro atoms. The molecule has 1 fully saturated rings. The van der Waals surface area contributed by atoms with Crippen molar-refractivity contribution in [1.29, 1.82) is 0 Å². The van der Waals surface area contributed by atoms with Crippen molar-refractivity contribution in [2.45, 2.75) is 13.1 Å². The Morgan fingerprint density at radius 1 is 1.09 bits per heavy atom. The van der Waals surface area contributed by atoms with Gasteiger partial charge in [-0.05, 0) is 23.3 Å². The summed E-state index contributed by atoms with van der Waals surface area (Å²) in [4.78, 5) is 22.9. The van der Waals surface area contributed by atoms with Crippen molar-refractivity contribution in [2.24, 2.45) is 4.99 Å². The molecular formula is C24H32FN5O2. The third-order valence-corrected chi connectivity index (χ3v) is 5.44. The van der Waals surface area contributed by atoms with Crippen molar-refractivity contribution >= 4 is 11.9 Å². The third kappa shape index (κ3) is 6.68. The average Bonchev–Trinajstić information content (AvgIpc) is 2.80. The van der Waals surface area contributed by atoms with Gasteiger partial charge in [0.2, 0.25) is 5.91 Å². The molecule has 1 aliphatic rings. The average molecular weight is 442 g/mol. The molecule has 172 valence electrons. The zero-order valence-corrected chi connectivity index (χ0v) is 19.1. The van der Waals surface area contributed by atoms with Gasteiger partial charge in [-0.1, -0.05) is 36.4 Å². The largest absolute Gasteiger partial charge is 0.494 e. The molecule has 0 saturated carbocycles. The minimum Gasteiger partial charge on any atom is -0.494 e. The molecule has 0 unspecified atom stereocenters. The van der Waals surface area contributed by atoms with Crippen molar-refractivity contribution in [1.82, 2.24) is 20.0 Å². The number of methoxy groups -OCH3 is 1. The van der Waals surface area contributed by atoms with Crippen molar-refractivity contribution in [3.63, 3.8) is 0 Å². The van der Waals surface area contributed by atoms with E-state index in [0.29, 0.717) is 13.1 Å². The summed E-state index contributed by atoms with van der Waals surface area (Å²) in [5.41, 5.74) is 2.04. The zero-order chi connectivity index (χ0) is 22.9. The number of amides is 1. The fraction of sp³-hybridized carbons (Fsp3) is 0.417. The molecule has 1 aliphatic heterocycles. The van der Waals surface area contributed by atoms with Gasteiger partial charge in [0.15, 0.2) is 17.5 Å². The van der Waals surface area contributed by atoms with E-state index in [1.54, 1.807) is 25.1 Å². The number of piperazine rings is 1. The monoisotopic (exact) mass is 441 g/mol. The van der Waals surface area contributed by atoms with E-state index in [4.69, 9.17) is 9.73 Å². The van der Waals surface area contributed by atoms with E-state index in [2.05, 4.69) is 15.1 Å². The molecule has 2 aromatic rings. The first-order valence-electron chi connectivity index (χ1n) is 10.8. The Kier molecular flexibility index (Phi) is 8.44. The SMILES string of the molecule is COc1ccc(CN2CCN(C(=NCc3ccccc3)NCC(=O)N(C)C)CC2)cc1F. The first-order valence-corrected chi connectivity index (χ1v) is 10.8. The van der Waals surface area contributed by atoms with E-state index in [9.17, 15) is 9.18 Å². The summed E-state index contributed by atoms with van der Waals surface area (Å²) < 4.78 is 19.0. The van der Waals surface area contributed by atoms with Crippen LogP contribution in [0.5, 0.6) is 5.75 Å². The number of halogens is 1. The van der Waals surface area contributed by atoms with Gasteiger partial charge in [-0.3, -0.25) is 9.69 Å². The second kappa shape index (κ2) is 11.5. The molecule has 1 N–H and O–H groups in total. The molecule has 0 aromatic heterocycles. The first kappa shape index (κ1) is 23.5. The topological polar surface area (TPSA) is 60.4 Å². The van der Waals surface area contributed by atoms with Gasteiger partial charge in [0.1, 0.15) is 0 Å². The van der Waals surface area contributed by atoms with Crippen LogP contribution in [0.3, 0.4) is 0 Å². The fourth-order valence-electron chi connectivity index (χ4n) is 3.51. The Hall–Kier alpha value is -3.13. The Morgan fingerprint density at radius 3 is 2.44 bits per heavy atom. The van der Waals surface area contributed by atoms with Crippen LogP contribution >= 0.6 is 0 Å². The van der Waals surface area contributed by atoms with Gasteiger partial charge in [0.25, 0.3) is 0 Å². The minimum atomic E-state index is -0.339. The maximum Gasteiger partial charge on any atom is 0.241 e. The summed E-state index contributed by atoms with van der Waals surface area (Å²) in [5.74, 6) is 0.654. The Balaban J connectivity index is 1.60. The van der Waals surface area contributed by atoms with E-state index in [1.807, 2.05) is 36.4 Å². The number of hydrogen-bond donors (Lipinski definition) is 1. The summed E-state index contributed by atoms with van der Waals surface area (Å²) >= 11 is 0. The van der Waals surface area contributed by atoms with Gasteiger partial charge in [-0.25, -0.2) is 9.38 Å². The highest BCUT2D eigenvalue weighted by atomic mass is 19.1. The van der Waals surface area contributed by atoms with Gasteiger partial charge >= 0.3 is 0 Å². The van der Waals surface area contributed by atoms with Crippen LogP contribution in [0.2, 0.25) is 0 Å². The molecule has 32 heavy (non-hydrogen) atoms. The van der Waals surface area contributed by atoms with E-state index in [0.717, 1.165) is 43.3 Å². The predicted octanol–water partition coefficient (Wildman–Crippen LogP) is 2.19. The number of nitrogens with zero attached hydrogens (tertiary/aromatic N) is 4. The van der Waals surface area contributed by atoms with Crippen LogP contribution in [0.4, 0.5) is 4.39 Å². The summed E-state index contributed by atoms with van der Waals surface area (Å²) in [5, 5.41) is 3.23. The number of aliphatic imine (C=N–C) groups is 1. The van der Waals surface area contributed by atoms with Crippen LogP contribution in [0.15, 0.2) is 53.5 Å². The molecule has 0 atom stereocenters. The molecule has 1 saturated heterocycles. The summed E-state index contributed by atoms with van der Waals surface area (Å²) in [6.07, 6.45) is 0. The number of ether oxygens (including phenoxy) is 1. The van der Waals surface area contributed by atoms with Crippen LogP contribution < -0.4 is 10.1 Å². The number of likely N-dealkylation sites (N-methyl/N-ethyl adjacent to an activating group) is 1. The molecule has 1 heterocycles. The molecule has 0 aliphatic carbocycles. The number of rotatable bonds is 7. The third-order valence-electron chi connectivity index (χ3n) is 5.44. The molecular weight excluding hydrogens is 409 g/mol. The van der Waals surface area contributed by atoms with E-state index < -0.39 is 0 Å². The van der Waals surface area contributed by atoms with Crippen LogP contribution in [0.1, 0.15) is 11.1 Å². The van der Waals surface area contributed by atoms with Crippen LogP contribution in [0, 0.1) is 5.82 Å². The lowest BCUT2D eigenvalue weighted by Gasteiger charge is -2.36. The zero-order valence-electron chi connectivity index (χ0n) is 19.1. The maximum absolute atomic E-state index is 14.0. The lowest BCUT2D eigenvalue weighted by Crippen LogP contribution is -2.53. The van der Waals surface area contributed by atoms with Gasteiger partial charge in [0.05, 0.1) is 20.2 Å². The lowest BCUT2D eigenvalue weighted by atomic mass is 10.2. The minimum absolute atomic E-state index is 0.00224.